The van der Waals surface area contributed by atoms with Crippen molar-refractivity contribution in [2.45, 2.75) is 0 Å². The van der Waals surface area contributed by atoms with Gasteiger partial charge in [-0.1, -0.05) is 127 Å². The summed E-state index contributed by atoms with van der Waals surface area (Å²) in [5.41, 5.74) is 8.95. The molecule has 0 fully saturated rings. The average Bonchev–Trinajstić information content (AvgIpc) is 3.96. The van der Waals surface area contributed by atoms with Crippen molar-refractivity contribution in [3.8, 4) is 51.0 Å². The van der Waals surface area contributed by atoms with Crippen LogP contribution in [0.3, 0.4) is 0 Å². The monoisotopic (exact) mass is 762 g/mol. The van der Waals surface area contributed by atoms with Crippen molar-refractivity contribution in [2.75, 3.05) is 0 Å². The van der Waals surface area contributed by atoms with Gasteiger partial charge in [0.25, 0.3) is 0 Å². The van der Waals surface area contributed by atoms with E-state index in [0.717, 1.165) is 22.4 Å². The van der Waals surface area contributed by atoms with Crippen LogP contribution >= 0.6 is 22.7 Å². The lowest BCUT2D eigenvalue weighted by Crippen LogP contribution is -2.00. The zero-order chi connectivity index (χ0) is 37.5. The summed E-state index contributed by atoms with van der Waals surface area (Å²) in [6.07, 6.45) is 0. The molecule has 4 aromatic heterocycles. The van der Waals surface area contributed by atoms with Crippen LogP contribution in [0, 0.1) is 0 Å². The molecule has 0 saturated carbocycles. The largest absolute Gasteiger partial charge is 0.309 e. The zero-order valence-corrected chi connectivity index (χ0v) is 32.1. The van der Waals surface area contributed by atoms with Gasteiger partial charge in [0.15, 0.2) is 17.5 Å². The molecule has 0 N–H and O–H groups in total. The van der Waals surface area contributed by atoms with Crippen LogP contribution < -0.4 is 0 Å². The topological polar surface area (TPSA) is 43.6 Å². The van der Waals surface area contributed by atoms with Crippen molar-refractivity contribution in [1.82, 2.24) is 19.5 Å². The summed E-state index contributed by atoms with van der Waals surface area (Å²) in [7, 11) is 0. The molecule has 0 bridgehead atoms. The third kappa shape index (κ3) is 5.15. The SMILES string of the molecule is c1ccc(-c2nc(-c3cccc4c3sc3ccccc34)nc(-c3cccc4sc5cc(-c6ccc7c(c6)c6ccccc6n7-c6ccccc6)ccc5c34)n2)cc1. The summed E-state index contributed by atoms with van der Waals surface area (Å²) in [6, 6.07) is 64.9. The highest BCUT2D eigenvalue weighted by molar-refractivity contribution is 7.26. The molecule has 4 heterocycles. The average molecular weight is 763 g/mol. The van der Waals surface area contributed by atoms with Gasteiger partial charge in [-0.25, -0.2) is 15.0 Å². The maximum absolute atomic E-state index is 5.29. The Morgan fingerprint density at radius 2 is 0.982 bits per heavy atom. The second-order valence-corrected chi connectivity index (χ2v) is 16.5. The standard InChI is InChI=1S/C51H30N4S2/c1-3-13-31(14-4-1)49-52-50(54-51(53-49)40-21-11-19-37-36-18-8-10-23-44(36)57-48(37)40)39-20-12-24-45-47(39)38-27-25-33(30-46(38)56-45)32-26-28-43-41(29-32)35-17-7-9-22-42(35)55(43)34-15-5-2-6-16-34/h1-30H. The molecule has 4 nitrogen and oxygen atoms in total. The van der Waals surface area contributed by atoms with Crippen LogP contribution in [-0.4, -0.2) is 19.5 Å². The Morgan fingerprint density at radius 1 is 0.351 bits per heavy atom. The van der Waals surface area contributed by atoms with Gasteiger partial charge in [0.05, 0.1) is 11.0 Å². The first-order chi connectivity index (χ1) is 28.2. The lowest BCUT2D eigenvalue weighted by atomic mass is 10.00. The number of rotatable bonds is 5. The number of hydrogen-bond donors (Lipinski definition) is 0. The van der Waals surface area contributed by atoms with Gasteiger partial charge in [-0.2, -0.15) is 0 Å². The highest BCUT2D eigenvalue weighted by Gasteiger charge is 2.20. The Labute approximate surface area is 335 Å². The predicted octanol–water partition coefficient (Wildman–Crippen LogP) is 14.4. The van der Waals surface area contributed by atoms with Crippen LogP contribution in [0.15, 0.2) is 182 Å². The minimum atomic E-state index is 0.663. The normalized spacial score (nSPS) is 11.9. The summed E-state index contributed by atoms with van der Waals surface area (Å²) in [4.78, 5) is 15.6. The summed E-state index contributed by atoms with van der Waals surface area (Å²) in [6.45, 7) is 0. The number of para-hydroxylation sites is 2. The van der Waals surface area contributed by atoms with Crippen molar-refractivity contribution in [2.24, 2.45) is 0 Å². The molecule has 266 valence electrons. The molecule has 57 heavy (non-hydrogen) atoms. The van der Waals surface area contributed by atoms with Crippen LogP contribution in [-0.2, 0) is 0 Å². The van der Waals surface area contributed by atoms with E-state index in [1.165, 1.54) is 73.3 Å². The Kier molecular flexibility index (Phi) is 7.24. The van der Waals surface area contributed by atoms with E-state index in [0.29, 0.717) is 17.5 Å². The van der Waals surface area contributed by atoms with Gasteiger partial charge in [0, 0.05) is 73.5 Å². The van der Waals surface area contributed by atoms with Crippen molar-refractivity contribution in [3.63, 3.8) is 0 Å². The van der Waals surface area contributed by atoms with E-state index < -0.39 is 0 Å². The van der Waals surface area contributed by atoms with Gasteiger partial charge in [-0.05, 0) is 65.7 Å². The lowest BCUT2D eigenvalue weighted by Gasteiger charge is -2.10. The number of thiophene rings is 2. The van der Waals surface area contributed by atoms with E-state index in [9.17, 15) is 0 Å². The first-order valence-corrected chi connectivity index (χ1v) is 20.7. The Bertz CT molecular complexity index is 3530. The number of aromatic nitrogens is 4. The quantitative estimate of drug-likeness (QED) is 0.175. The summed E-state index contributed by atoms with van der Waals surface area (Å²) in [5, 5.41) is 7.34. The van der Waals surface area contributed by atoms with Crippen LogP contribution in [0.25, 0.3) is 113 Å². The summed E-state index contributed by atoms with van der Waals surface area (Å²) in [5.74, 6) is 2.02. The third-order valence-electron chi connectivity index (χ3n) is 11.1. The number of nitrogens with zero attached hydrogens (tertiary/aromatic N) is 4. The molecule has 0 radical (unpaired) electrons. The van der Waals surface area contributed by atoms with Gasteiger partial charge >= 0.3 is 0 Å². The maximum Gasteiger partial charge on any atom is 0.165 e. The summed E-state index contributed by atoms with van der Waals surface area (Å²) < 4.78 is 7.24. The Morgan fingerprint density at radius 3 is 1.86 bits per heavy atom. The minimum absolute atomic E-state index is 0.663. The van der Waals surface area contributed by atoms with E-state index in [4.69, 9.17) is 15.0 Å². The highest BCUT2D eigenvalue weighted by atomic mass is 32.1. The molecule has 0 amide bonds. The fourth-order valence-corrected chi connectivity index (χ4v) is 10.8. The molecule has 12 rings (SSSR count). The third-order valence-corrected chi connectivity index (χ3v) is 13.4. The Hall–Kier alpha value is -6.99. The fraction of sp³-hybridized carbons (Fsp3) is 0. The molecule has 8 aromatic carbocycles. The fourth-order valence-electron chi connectivity index (χ4n) is 8.46. The van der Waals surface area contributed by atoms with Crippen LogP contribution in [0.2, 0.25) is 0 Å². The van der Waals surface area contributed by atoms with E-state index in [1.54, 1.807) is 11.3 Å². The first kappa shape index (κ1) is 32.3. The van der Waals surface area contributed by atoms with Crippen molar-refractivity contribution in [3.05, 3.63) is 182 Å². The smallest absolute Gasteiger partial charge is 0.165 e. The van der Waals surface area contributed by atoms with E-state index in [1.807, 2.05) is 29.5 Å². The first-order valence-electron chi connectivity index (χ1n) is 19.0. The van der Waals surface area contributed by atoms with Gasteiger partial charge in [0.2, 0.25) is 0 Å². The predicted molar refractivity (Wildman–Crippen MR) is 242 cm³/mol. The highest BCUT2D eigenvalue weighted by Crippen LogP contribution is 2.44. The number of hydrogen-bond acceptors (Lipinski definition) is 5. The molecule has 0 atom stereocenters. The Balaban J connectivity index is 1.02. The second-order valence-electron chi connectivity index (χ2n) is 14.4. The molecule has 0 saturated heterocycles. The summed E-state index contributed by atoms with van der Waals surface area (Å²) >= 11 is 3.61. The van der Waals surface area contributed by atoms with Crippen LogP contribution in [0.1, 0.15) is 0 Å². The second kappa shape index (κ2) is 12.8. The molecule has 0 aliphatic carbocycles. The number of fused-ring (bicyclic) bond motifs is 9. The molecular formula is C51H30N4S2. The van der Waals surface area contributed by atoms with Gasteiger partial charge in [-0.15, -0.1) is 22.7 Å². The molecule has 6 heteroatoms. The molecule has 0 aliphatic heterocycles. The van der Waals surface area contributed by atoms with Crippen molar-refractivity contribution < 1.29 is 0 Å². The zero-order valence-electron chi connectivity index (χ0n) is 30.4. The van der Waals surface area contributed by atoms with Crippen molar-refractivity contribution >= 4 is 84.8 Å². The van der Waals surface area contributed by atoms with E-state index in [2.05, 4.69) is 168 Å². The molecular weight excluding hydrogens is 733 g/mol. The van der Waals surface area contributed by atoms with Gasteiger partial charge < -0.3 is 4.57 Å². The van der Waals surface area contributed by atoms with E-state index in [-0.39, 0.29) is 0 Å². The maximum atomic E-state index is 5.29. The van der Waals surface area contributed by atoms with Gasteiger partial charge in [0.1, 0.15) is 0 Å². The molecule has 0 aliphatic rings. The van der Waals surface area contributed by atoms with E-state index >= 15 is 0 Å². The lowest BCUT2D eigenvalue weighted by molar-refractivity contribution is 1.08. The molecule has 0 spiro atoms. The molecule has 12 aromatic rings. The molecule has 0 unspecified atom stereocenters. The van der Waals surface area contributed by atoms with Crippen LogP contribution in [0.4, 0.5) is 0 Å². The minimum Gasteiger partial charge on any atom is -0.309 e. The van der Waals surface area contributed by atoms with Gasteiger partial charge in [-0.3, -0.25) is 0 Å². The van der Waals surface area contributed by atoms with Crippen LogP contribution in [0.5, 0.6) is 0 Å². The van der Waals surface area contributed by atoms with Crippen molar-refractivity contribution in [1.29, 1.82) is 0 Å². The number of benzene rings is 8.